The molecule has 3 atom stereocenters. The molecule has 2 fully saturated rings. The minimum Gasteiger partial charge on any atom is -0.424 e. The lowest BCUT2D eigenvalue weighted by atomic mass is 9.89. The number of benzene rings is 2. The summed E-state index contributed by atoms with van der Waals surface area (Å²) in [5.41, 5.74) is 2.66. The molecule has 0 unspecified atom stereocenters. The lowest BCUT2D eigenvalue weighted by Gasteiger charge is -2.40. The van der Waals surface area contributed by atoms with Crippen LogP contribution in [0.15, 0.2) is 59.1 Å². The molecule has 0 amide bonds. The Labute approximate surface area is 210 Å². The molecule has 2 aromatic carbocycles. The summed E-state index contributed by atoms with van der Waals surface area (Å²) in [4.78, 5) is 17.4. The zero-order valence-electron chi connectivity index (χ0n) is 20.2. The van der Waals surface area contributed by atoms with Gasteiger partial charge in [-0.25, -0.2) is 9.37 Å². The average molecular weight is 494 g/mol. The molecule has 1 saturated heterocycles. The van der Waals surface area contributed by atoms with E-state index in [1.165, 1.54) is 6.42 Å². The highest BCUT2D eigenvalue weighted by Gasteiger charge is 2.30. The summed E-state index contributed by atoms with van der Waals surface area (Å²) in [5.74, 6) is 0.661. The van der Waals surface area contributed by atoms with Crippen LogP contribution < -0.4 is 15.5 Å². The molecule has 2 heterocycles. The first kappa shape index (κ1) is 24.2. The fourth-order valence-corrected chi connectivity index (χ4v) is 5.33. The summed E-state index contributed by atoms with van der Waals surface area (Å²) in [5, 5.41) is 18.4. The first-order chi connectivity index (χ1) is 17.6. The number of nitro benzene ring substituents is 1. The molecule has 36 heavy (non-hydrogen) atoms. The van der Waals surface area contributed by atoms with Gasteiger partial charge in [0.05, 0.1) is 11.1 Å². The molecule has 0 bridgehead atoms. The van der Waals surface area contributed by atoms with Crippen molar-refractivity contribution >= 4 is 17.4 Å². The van der Waals surface area contributed by atoms with E-state index >= 15 is 0 Å². The third-order valence-corrected chi connectivity index (χ3v) is 7.27. The number of hydrogen-bond acceptors (Lipinski definition) is 7. The van der Waals surface area contributed by atoms with E-state index < -0.39 is 6.67 Å². The van der Waals surface area contributed by atoms with Gasteiger partial charge in [-0.3, -0.25) is 10.1 Å². The van der Waals surface area contributed by atoms with Gasteiger partial charge < -0.3 is 20.0 Å². The van der Waals surface area contributed by atoms with Gasteiger partial charge >= 0.3 is 0 Å². The number of piperidine rings is 1. The van der Waals surface area contributed by atoms with E-state index in [0.29, 0.717) is 29.4 Å². The Morgan fingerprint density at radius 1 is 1.03 bits per heavy atom. The maximum absolute atomic E-state index is 12.8. The number of nitro groups is 1. The Morgan fingerprint density at radius 2 is 1.78 bits per heavy atom. The predicted octanol–water partition coefficient (Wildman–Crippen LogP) is 5.70. The molecule has 1 aliphatic heterocycles. The van der Waals surface area contributed by atoms with E-state index in [1.54, 1.807) is 30.5 Å². The van der Waals surface area contributed by atoms with Crippen molar-refractivity contribution < 1.29 is 13.7 Å². The smallest absolute Gasteiger partial charge is 0.295 e. The van der Waals surface area contributed by atoms with E-state index in [1.807, 2.05) is 24.3 Å². The van der Waals surface area contributed by atoms with Crippen molar-refractivity contribution in [2.45, 2.75) is 63.3 Å². The number of halogens is 1. The number of alkyl halides is 1. The van der Waals surface area contributed by atoms with Crippen LogP contribution >= 0.6 is 0 Å². The third-order valence-electron chi connectivity index (χ3n) is 7.27. The monoisotopic (exact) mass is 493 g/mol. The molecule has 0 spiro atoms. The number of hydrogen-bond donors (Lipinski definition) is 2. The number of aromatic nitrogens is 1. The minimum absolute atomic E-state index is 0.119. The van der Waals surface area contributed by atoms with Crippen LogP contribution in [0, 0.1) is 10.1 Å². The highest BCUT2D eigenvalue weighted by atomic mass is 19.1. The number of non-ortho nitro benzene ring substituents is 1. The van der Waals surface area contributed by atoms with Gasteiger partial charge in [0.1, 0.15) is 6.67 Å². The van der Waals surface area contributed by atoms with Crippen LogP contribution in [0.1, 0.15) is 44.1 Å². The highest BCUT2D eigenvalue weighted by Crippen LogP contribution is 2.28. The van der Waals surface area contributed by atoms with Crippen LogP contribution in [0.4, 0.5) is 21.8 Å². The molecule has 190 valence electrons. The van der Waals surface area contributed by atoms with E-state index in [-0.39, 0.29) is 16.7 Å². The largest absolute Gasteiger partial charge is 0.424 e. The van der Waals surface area contributed by atoms with Gasteiger partial charge in [-0.1, -0.05) is 37.1 Å². The minimum atomic E-state index is -0.480. The van der Waals surface area contributed by atoms with Crippen LogP contribution in [0.3, 0.4) is 0 Å². The summed E-state index contributed by atoms with van der Waals surface area (Å²) >= 11 is 0. The lowest BCUT2D eigenvalue weighted by Crippen LogP contribution is -2.54. The first-order valence-corrected chi connectivity index (χ1v) is 12.7. The summed E-state index contributed by atoms with van der Waals surface area (Å²) in [6.07, 6.45) is 8.36. The van der Waals surface area contributed by atoms with Gasteiger partial charge in [0.25, 0.3) is 11.7 Å². The Morgan fingerprint density at radius 3 is 2.50 bits per heavy atom. The van der Waals surface area contributed by atoms with Gasteiger partial charge in [-0.15, -0.1) is 0 Å². The SMILES string of the molecule is O=[N+]([O-])c1ccc(N2CCC[C@H](N[C@@H]3CCCC[C@H]3Nc3ncc(-c4ccc(CF)cc4)o3)C2)cc1. The molecule has 5 rings (SSSR count). The Hall–Kier alpha value is -3.46. The number of nitrogens with one attached hydrogen (secondary N) is 2. The van der Waals surface area contributed by atoms with Crippen LogP contribution in [-0.2, 0) is 6.67 Å². The summed E-state index contributed by atoms with van der Waals surface area (Å²) in [6.45, 7) is 1.35. The average Bonchev–Trinajstić information content (AvgIpc) is 3.38. The van der Waals surface area contributed by atoms with Crippen LogP contribution in [-0.4, -0.2) is 41.1 Å². The van der Waals surface area contributed by atoms with Gasteiger partial charge in [-0.05, 0) is 43.4 Å². The van der Waals surface area contributed by atoms with Gasteiger partial charge in [0, 0.05) is 54.6 Å². The second-order valence-electron chi connectivity index (χ2n) is 9.73. The van der Waals surface area contributed by atoms with E-state index in [2.05, 4.69) is 20.5 Å². The van der Waals surface area contributed by atoms with Crippen molar-refractivity contribution in [3.05, 3.63) is 70.4 Å². The van der Waals surface area contributed by atoms with Crippen molar-refractivity contribution in [2.75, 3.05) is 23.3 Å². The molecular weight excluding hydrogens is 461 g/mol. The summed E-state index contributed by atoms with van der Waals surface area (Å²) < 4.78 is 18.8. The Balaban J connectivity index is 1.20. The molecule has 1 aliphatic carbocycles. The maximum Gasteiger partial charge on any atom is 0.295 e. The van der Waals surface area contributed by atoms with Crippen molar-refractivity contribution in [3.63, 3.8) is 0 Å². The van der Waals surface area contributed by atoms with Crippen LogP contribution in [0.5, 0.6) is 0 Å². The molecule has 2 aliphatic rings. The molecule has 9 heteroatoms. The Bertz CT molecular complexity index is 1150. The number of nitrogens with zero attached hydrogens (tertiary/aromatic N) is 3. The van der Waals surface area contributed by atoms with Gasteiger partial charge in [0.15, 0.2) is 5.76 Å². The second-order valence-corrected chi connectivity index (χ2v) is 9.73. The van der Waals surface area contributed by atoms with Crippen molar-refractivity contribution in [1.29, 1.82) is 0 Å². The number of anilines is 2. The molecule has 2 N–H and O–H groups in total. The Kier molecular flexibility index (Phi) is 7.46. The standard InChI is InChI=1S/C27H32FN5O3/c28-16-19-7-9-20(10-8-19)26-17-29-27(36-26)31-25-6-2-1-5-24(25)30-21-4-3-15-32(18-21)22-11-13-23(14-12-22)33(34)35/h7-14,17,21,24-25,30H,1-6,15-16,18H2,(H,29,31)/t21-,24+,25+/m0/s1. The van der Waals surface area contributed by atoms with Crippen molar-refractivity contribution in [3.8, 4) is 11.3 Å². The molecule has 1 aromatic heterocycles. The molecule has 0 radical (unpaired) electrons. The highest BCUT2D eigenvalue weighted by molar-refractivity contribution is 5.58. The summed E-state index contributed by atoms with van der Waals surface area (Å²) in [7, 11) is 0. The normalized spacial score (nSPS) is 22.4. The fraction of sp³-hybridized carbons (Fsp3) is 0.444. The van der Waals surface area contributed by atoms with E-state index in [0.717, 1.165) is 56.4 Å². The number of oxazole rings is 1. The molecule has 3 aromatic rings. The van der Waals surface area contributed by atoms with Crippen molar-refractivity contribution in [2.24, 2.45) is 0 Å². The van der Waals surface area contributed by atoms with Crippen molar-refractivity contribution in [1.82, 2.24) is 10.3 Å². The van der Waals surface area contributed by atoms with E-state index in [4.69, 9.17) is 4.42 Å². The van der Waals surface area contributed by atoms with Crippen LogP contribution in [0.2, 0.25) is 0 Å². The summed E-state index contributed by atoms with van der Waals surface area (Å²) in [6, 6.07) is 15.4. The lowest BCUT2D eigenvalue weighted by molar-refractivity contribution is -0.384. The topological polar surface area (TPSA) is 96.5 Å². The number of rotatable bonds is 8. The third kappa shape index (κ3) is 5.67. The fourth-order valence-electron chi connectivity index (χ4n) is 5.33. The zero-order chi connectivity index (χ0) is 24.9. The molecular formula is C27H32FN5O3. The van der Waals surface area contributed by atoms with Crippen LogP contribution in [0.25, 0.3) is 11.3 Å². The first-order valence-electron chi connectivity index (χ1n) is 12.7. The molecule has 8 nitrogen and oxygen atoms in total. The predicted molar refractivity (Wildman–Crippen MR) is 138 cm³/mol. The molecule has 1 saturated carbocycles. The van der Waals surface area contributed by atoms with Gasteiger partial charge in [0.2, 0.25) is 0 Å². The maximum atomic E-state index is 12.8. The van der Waals surface area contributed by atoms with Gasteiger partial charge in [-0.2, -0.15) is 0 Å². The zero-order valence-corrected chi connectivity index (χ0v) is 20.2. The van der Waals surface area contributed by atoms with E-state index in [9.17, 15) is 14.5 Å². The quantitative estimate of drug-likeness (QED) is 0.307. The second kappa shape index (κ2) is 11.1.